The summed E-state index contributed by atoms with van der Waals surface area (Å²) in [7, 11) is 1.65. The smallest absolute Gasteiger partial charge is 0.204 e. The summed E-state index contributed by atoms with van der Waals surface area (Å²) >= 11 is 0. The topological polar surface area (TPSA) is 59.1 Å². The first kappa shape index (κ1) is 12.9. The van der Waals surface area contributed by atoms with Crippen LogP contribution in [0, 0.1) is 5.92 Å². The summed E-state index contributed by atoms with van der Waals surface area (Å²) in [4.78, 5) is 8.50. The first-order valence-corrected chi connectivity index (χ1v) is 6.49. The van der Waals surface area contributed by atoms with E-state index in [1.807, 2.05) is 6.92 Å². The Labute approximate surface area is 108 Å². The van der Waals surface area contributed by atoms with E-state index in [2.05, 4.69) is 34.4 Å². The highest BCUT2D eigenvalue weighted by Crippen LogP contribution is 2.42. The summed E-state index contributed by atoms with van der Waals surface area (Å²) in [5, 5.41) is 6.66. The van der Waals surface area contributed by atoms with Crippen LogP contribution in [0.25, 0.3) is 0 Å². The SMILES string of the molecule is CCNc1ncnc(NC(C)(C)C2CC2)c1OC. The van der Waals surface area contributed by atoms with Crippen LogP contribution < -0.4 is 15.4 Å². The number of nitrogens with zero attached hydrogens (tertiary/aromatic N) is 2. The Hall–Kier alpha value is -1.52. The maximum atomic E-state index is 5.43. The third-order valence-corrected chi connectivity index (χ3v) is 3.39. The van der Waals surface area contributed by atoms with Gasteiger partial charge >= 0.3 is 0 Å². The zero-order valence-electron chi connectivity index (χ0n) is 11.6. The molecule has 1 fully saturated rings. The Balaban J connectivity index is 2.23. The van der Waals surface area contributed by atoms with Gasteiger partial charge in [0, 0.05) is 12.1 Å². The minimum atomic E-state index is 0.0467. The van der Waals surface area contributed by atoms with Crippen molar-refractivity contribution in [3.05, 3.63) is 6.33 Å². The number of ether oxygens (including phenoxy) is 1. The molecule has 18 heavy (non-hydrogen) atoms. The van der Waals surface area contributed by atoms with Crippen LogP contribution >= 0.6 is 0 Å². The molecule has 0 saturated heterocycles. The highest BCUT2D eigenvalue weighted by atomic mass is 16.5. The van der Waals surface area contributed by atoms with Gasteiger partial charge in [-0.15, -0.1) is 0 Å². The lowest BCUT2D eigenvalue weighted by Crippen LogP contribution is -2.34. The lowest BCUT2D eigenvalue weighted by molar-refractivity contribution is 0.410. The van der Waals surface area contributed by atoms with Gasteiger partial charge in [-0.25, -0.2) is 9.97 Å². The Bertz CT molecular complexity index is 415. The van der Waals surface area contributed by atoms with Gasteiger partial charge in [-0.1, -0.05) is 0 Å². The molecule has 1 aromatic heterocycles. The quantitative estimate of drug-likeness (QED) is 0.812. The second-order valence-corrected chi connectivity index (χ2v) is 5.26. The summed E-state index contributed by atoms with van der Waals surface area (Å²) < 4.78 is 5.43. The van der Waals surface area contributed by atoms with E-state index in [4.69, 9.17) is 4.74 Å². The molecule has 0 bridgehead atoms. The van der Waals surface area contributed by atoms with Crippen molar-refractivity contribution in [1.29, 1.82) is 0 Å². The van der Waals surface area contributed by atoms with Gasteiger partial charge < -0.3 is 15.4 Å². The number of nitrogens with one attached hydrogen (secondary N) is 2. The second-order valence-electron chi connectivity index (χ2n) is 5.26. The molecule has 5 nitrogen and oxygen atoms in total. The summed E-state index contributed by atoms with van der Waals surface area (Å²) in [6.07, 6.45) is 4.13. The molecule has 0 aromatic carbocycles. The van der Waals surface area contributed by atoms with Gasteiger partial charge in [0.05, 0.1) is 7.11 Å². The second kappa shape index (κ2) is 5.00. The van der Waals surface area contributed by atoms with E-state index in [-0.39, 0.29) is 5.54 Å². The number of rotatable bonds is 6. The van der Waals surface area contributed by atoms with Gasteiger partial charge in [0.1, 0.15) is 6.33 Å². The molecule has 2 rings (SSSR count). The summed E-state index contributed by atoms with van der Waals surface area (Å²) in [6.45, 7) is 7.25. The molecular formula is C13H22N4O. The zero-order valence-corrected chi connectivity index (χ0v) is 11.6. The van der Waals surface area contributed by atoms with E-state index in [0.717, 1.165) is 24.1 Å². The lowest BCUT2D eigenvalue weighted by Gasteiger charge is -2.27. The highest BCUT2D eigenvalue weighted by Gasteiger charge is 2.38. The predicted molar refractivity (Wildman–Crippen MR) is 73.2 cm³/mol. The van der Waals surface area contributed by atoms with Crippen molar-refractivity contribution in [2.75, 3.05) is 24.3 Å². The largest absolute Gasteiger partial charge is 0.490 e. The lowest BCUT2D eigenvalue weighted by atomic mass is 9.99. The number of hydrogen-bond acceptors (Lipinski definition) is 5. The molecule has 0 aliphatic heterocycles. The average molecular weight is 250 g/mol. The normalized spacial score (nSPS) is 15.3. The summed E-state index contributed by atoms with van der Waals surface area (Å²) in [5.41, 5.74) is 0.0467. The van der Waals surface area contributed by atoms with Crippen LogP contribution in [0.5, 0.6) is 5.75 Å². The first-order valence-electron chi connectivity index (χ1n) is 6.49. The summed E-state index contributed by atoms with van der Waals surface area (Å²) in [6, 6.07) is 0. The Morgan fingerprint density at radius 2 is 2.00 bits per heavy atom. The van der Waals surface area contributed by atoms with E-state index in [1.54, 1.807) is 13.4 Å². The molecule has 5 heteroatoms. The number of aromatic nitrogens is 2. The highest BCUT2D eigenvalue weighted by molar-refractivity contribution is 5.64. The molecule has 1 aliphatic carbocycles. The third-order valence-electron chi connectivity index (χ3n) is 3.39. The van der Waals surface area contributed by atoms with Crippen LogP contribution in [-0.2, 0) is 0 Å². The van der Waals surface area contributed by atoms with Crippen molar-refractivity contribution in [3.8, 4) is 5.75 Å². The van der Waals surface area contributed by atoms with Gasteiger partial charge in [-0.05, 0) is 39.5 Å². The van der Waals surface area contributed by atoms with Gasteiger partial charge in [0.25, 0.3) is 0 Å². The number of methoxy groups -OCH3 is 1. The van der Waals surface area contributed by atoms with E-state index in [1.165, 1.54) is 12.8 Å². The average Bonchev–Trinajstić information content (AvgIpc) is 3.13. The van der Waals surface area contributed by atoms with Crippen molar-refractivity contribution in [1.82, 2.24) is 9.97 Å². The van der Waals surface area contributed by atoms with Gasteiger partial charge in [0.2, 0.25) is 5.75 Å². The number of anilines is 2. The Morgan fingerprint density at radius 3 is 2.56 bits per heavy atom. The minimum Gasteiger partial charge on any atom is -0.490 e. The maximum Gasteiger partial charge on any atom is 0.204 e. The van der Waals surface area contributed by atoms with Crippen LogP contribution in [0.1, 0.15) is 33.6 Å². The first-order chi connectivity index (χ1) is 8.58. The van der Waals surface area contributed by atoms with Crippen LogP contribution in [-0.4, -0.2) is 29.2 Å². The molecule has 0 spiro atoms. The molecule has 1 heterocycles. The zero-order chi connectivity index (χ0) is 13.2. The van der Waals surface area contributed by atoms with Gasteiger partial charge in [-0.2, -0.15) is 0 Å². The molecule has 0 unspecified atom stereocenters. The maximum absolute atomic E-state index is 5.43. The van der Waals surface area contributed by atoms with Crippen molar-refractivity contribution < 1.29 is 4.74 Å². The predicted octanol–water partition coefficient (Wildman–Crippen LogP) is 2.52. The fourth-order valence-electron chi connectivity index (χ4n) is 2.16. The van der Waals surface area contributed by atoms with Gasteiger partial charge in [0.15, 0.2) is 11.6 Å². The third kappa shape index (κ3) is 2.66. The Morgan fingerprint density at radius 1 is 1.33 bits per heavy atom. The monoisotopic (exact) mass is 250 g/mol. The molecule has 2 N–H and O–H groups in total. The fourth-order valence-corrected chi connectivity index (χ4v) is 2.16. The van der Waals surface area contributed by atoms with E-state index < -0.39 is 0 Å². The van der Waals surface area contributed by atoms with Gasteiger partial charge in [-0.3, -0.25) is 0 Å². The molecule has 0 atom stereocenters. The van der Waals surface area contributed by atoms with E-state index in [0.29, 0.717) is 5.75 Å². The molecular weight excluding hydrogens is 228 g/mol. The number of hydrogen-bond donors (Lipinski definition) is 2. The molecule has 100 valence electrons. The van der Waals surface area contributed by atoms with Crippen LogP contribution in [0.4, 0.5) is 11.6 Å². The molecule has 0 radical (unpaired) electrons. The summed E-state index contributed by atoms with van der Waals surface area (Å²) in [5.74, 6) is 2.91. The fraction of sp³-hybridized carbons (Fsp3) is 0.692. The standard InChI is InChI=1S/C13H22N4O/c1-5-14-11-10(18-4)12(16-8-15-11)17-13(2,3)9-6-7-9/h8-9H,5-7H2,1-4H3,(H2,14,15,16,17). The Kier molecular flexibility index (Phi) is 3.59. The molecule has 1 aromatic rings. The molecule has 0 amide bonds. The molecule has 1 saturated carbocycles. The van der Waals surface area contributed by atoms with Crippen molar-refractivity contribution >= 4 is 11.6 Å². The van der Waals surface area contributed by atoms with Crippen molar-refractivity contribution in [2.45, 2.75) is 39.2 Å². The van der Waals surface area contributed by atoms with Crippen molar-refractivity contribution in [3.63, 3.8) is 0 Å². The van der Waals surface area contributed by atoms with Crippen LogP contribution in [0.2, 0.25) is 0 Å². The molecule has 1 aliphatic rings. The van der Waals surface area contributed by atoms with Crippen LogP contribution in [0.3, 0.4) is 0 Å². The van der Waals surface area contributed by atoms with Crippen LogP contribution in [0.15, 0.2) is 6.33 Å². The van der Waals surface area contributed by atoms with E-state index in [9.17, 15) is 0 Å². The minimum absolute atomic E-state index is 0.0467. The van der Waals surface area contributed by atoms with E-state index >= 15 is 0 Å². The van der Waals surface area contributed by atoms with Crippen molar-refractivity contribution in [2.24, 2.45) is 5.92 Å².